The third kappa shape index (κ3) is 5.71. The van der Waals surface area contributed by atoms with Crippen molar-refractivity contribution in [1.82, 2.24) is 9.97 Å². The van der Waals surface area contributed by atoms with Crippen LogP contribution in [0.15, 0.2) is 239 Å². The lowest BCUT2D eigenvalue weighted by Crippen LogP contribution is -1.95. The molecule has 0 unspecified atom stereocenters. The lowest BCUT2D eigenvalue weighted by Gasteiger charge is -2.15. The van der Waals surface area contributed by atoms with E-state index >= 15 is 0 Å². The van der Waals surface area contributed by atoms with Crippen molar-refractivity contribution in [1.29, 1.82) is 0 Å². The van der Waals surface area contributed by atoms with Gasteiger partial charge in [-0.1, -0.05) is 218 Å². The van der Waals surface area contributed by atoms with Gasteiger partial charge in [0.2, 0.25) is 0 Å². The van der Waals surface area contributed by atoms with Gasteiger partial charge in [-0.3, -0.25) is 4.98 Å². The summed E-state index contributed by atoms with van der Waals surface area (Å²) in [7, 11) is 0. The predicted octanol–water partition coefficient (Wildman–Crippen LogP) is 18.4. The third-order valence-electron chi connectivity index (χ3n) is 14.5. The molecule has 0 amide bonds. The molecular weight excluding hydrogens is 853 g/mol. The molecule has 70 heavy (non-hydrogen) atoms. The first kappa shape index (κ1) is 38.7. The van der Waals surface area contributed by atoms with Crippen LogP contribution in [0.4, 0.5) is 0 Å². The summed E-state index contributed by atoms with van der Waals surface area (Å²) in [6.45, 7) is 0. The van der Waals surface area contributed by atoms with E-state index < -0.39 is 0 Å². The van der Waals surface area contributed by atoms with Crippen molar-refractivity contribution in [3.63, 3.8) is 0 Å². The largest absolute Gasteiger partial charge is 0.455 e. The quantitative estimate of drug-likeness (QED) is 0.162. The minimum Gasteiger partial charge on any atom is -0.455 e. The van der Waals surface area contributed by atoms with Gasteiger partial charge >= 0.3 is 0 Å². The van der Waals surface area contributed by atoms with Crippen LogP contribution in [0.2, 0.25) is 0 Å². The van der Waals surface area contributed by atoms with Gasteiger partial charge in [0.1, 0.15) is 22.3 Å². The fourth-order valence-electron chi connectivity index (χ4n) is 11.3. The van der Waals surface area contributed by atoms with E-state index in [1.807, 2.05) is 6.20 Å². The minimum atomic E-state index is 0.768. The Balaban J connectivity index is 0.981. The minimum absolute atomic E-state index is 0.768. The van der Waals surface area contributed by atoms with E-state index in [4.69, 9.17) is 18.8 Å². The molecule has 0 fully saturated rings. The van der Waals surface area contributed by atoms with E-state index in [1.54, 1.807) is 0 Å². The van der Waals surface area contributed by atoms with Gasteiger partial charge < -0.3 is 8.83 Å². The highest BCUT2D eigenvalue weighted by Gasteiger charge is 2.23. The van der Waals surface area contributed by atoms with Gasteiger partial charge in [-0.2, -0.15) is 0 Å². The predicted molar refractivity (Wildman–Crippen MR) is 291 cm³/mol. The van der Waals surface area contributed by atoms with E-state index in [0.717, 1.165) is 132 Å². The molecule has 4 nitrogen and oxygen atoms in total. The number of para-hydroxylation sites is 4. The number of aromatic nitrogens is 2. The maximum absolute atomic E-state index is 7.17. The highest BCUT2D eigenvalue weighted by molar-refractivity contribution is 6.23. The normalized spacial score (nSPS) is 12.0. The van der Waals surface area contributed by atoms with Gasteiger partial charge in [0.15, 0.2) is 0 Å². The monoisotopic (exact) mass is 890 g/mol. The summed E-state index contributed by atoms with van der Waals surface area (Å²) in [5.74, 6) is 0. The summed E-state index contributed by atoms with van der Waals surface area (Å²) in [6, 6.07) is 79.8. The van der Waals surface area contributed by atoms with Crippen LogP contribution in [0.25, 0.3) is 154 Å². The summed E-state index contributed by atoms with van der Waals surface area (Å²) in [6.07, 6.45) is 1.95. The third-order valence-corrected chi connectivity index (χ3v) is 14.5. The Kier molecular flexibility index (Phi) is 8.33. The van der Waals surface area contributed by atoms with Gasteiger partial charge in [-0.25, -0.2) is 4.98 Å². The second kappa shape index (κ2) is 15.1. The molecule has 0 bridgehead atoms. The van der Waals surface area contributed by atoms with Gasteiger partial charge in [0.05, 0.1) is 22.9 Å². The van der Waals surface area contributed by atoms with Crippen LogP contribution < -0.4 is 0 Å². The molecule has 0 saturated heterocycles. The summed E-state index contributed by atoms with van der Waals surface area (Å²) in [5.41, 5.74) is 15.3. The van der Waals surface area contributed by atoms with Crippen molar-refractivity contribution in [2.45, 2.75) is 0 Å². The van der Waals surface area contributed by atoms with Gasteiger partial charge in [-0.05, 0) is 60.6 Å². The maximum atomic E-state index is 7.17. The SMILES string of the molecule is c1ccc2c(-c3cccc4c3oc3c(-c5ccc(-c6cccc7c6oc6c(-c8cccc9ccccc89)cccc67)c(-c6cnc7c8ccccc8c8ccccc8c7n6)c5)cccc34)cccc2c1. The van der Waals surface area contributed by atoms with Crippen LogP contribution in [0.5, 0.6) is 0 Å². The Labute approximate surface area is 401 Å². The molecule has 0 aliphatic rings. The Morgan fingerprint density at radius 3 is 1.19 bits per heavy atom. The number of fused-ring (bicyclic) bond motifs is 14. The molecule has 0 radical (unpaired) electrons. The molecule has 0 N–H and O–H groups in total. The van der Waals surface area contributed by atoms with Crippen LogP contribution in [-0.4, -0.2) is 9.97 Å². The van der Waals surface area contributed by atoms with Gasteiger partial charge in [0.25, 0.3) is 0 Å². The van der Waals surface area contributed by atoms with Crippen molar-refractivity contribution in [2.75, 3.05) is 0 Å². The first-order valence-electron chi connectivity index (χ1n) is 23.8. The standard InChI is InChI=1S/C66H38N2O2/c1-3-19-42-39(15-1)17-9-26-45(42)52-28-12-32-56-55-31-11-25-44(63(55)69-64(52)56)41-35-36-49(59(37-41)60-38-67-61-50-23-7-5-21-47(50)48-22-6-8-24-51(48)62(61)68-60)54-30-14-34-58-57-33-13-29-53(65(57)70-66(54)58)46-27-10-18-40-16-2-4-20-43(40)46/h1-38H. The molecule has 4 heteroatoms. The Morgan fingerprint density at radius 1 is 0.257 bits per heavy atom. The van der Waals surface area contributed by atoms with Gasteiger partial charge in [0, 0.05) is 60.1 Å². The molecular formula is C66H38N2O2. The molecule has 0 aliphatic heterocycles. The van der Waals surface area contributed by atoms with Crippen molar-refractivity contribution in [3.8, 4) is 55.8 Å². The fourth-order valence-corrected chi connectivity index (χ4v) is 11.3. The Hall–Kier alpha value is -9.38. The lowest BCUT2D eigenvalue weighted by atomic mass is 9.91. The second-order valence-corrected chi connectivity index (χ2v) is 18.3. The molecule has 0 saturated carbocycles. The number of furan rings is 2. The lowest BCUT2D eigenvalue weighted by molar-refractivity contribution is 0.670. The molecule has 0 atom stereocenters. The average Bonchev–Trinajstić information content (AvgIpc) is 4.02. The topological polar surface area (TPSA) is 52.1 Å². The van der Waals surface area contributed by atoms with Crippen LogP contribution >= 0.6 is 0 Å². The van der Waals surface area contributed by atoms with Crippen molar-refractivity contribution >= 4 is 98.0 Å². The zero-order chi connectivity index (χ0) is 45.9. The van der Waals surface area contributed by atoms with Crippen LogP contribution in [-0.2, 0) is 0 Å². The summed E-state index contributed by atoms with van der Waals surface area (Å²) in [5, 5.41) is 13.5. The van der Waals surface area contributed by atoms with Crippen molar-refractivity contribution < 1.29 is 8.83 Å². The number of hydrogen-bond donors (Lipinski definition) is 0. The molecule has 0 aliphatic carbocycles. The highest BCUT2D eigenvalue weighted by Crippen LogP contribution is 2.47. The Morgan fingerprint density at radius 2 is 0.643 bits per heavy atom. The smallest absolute Gasteiger partial charge is 0.143 e. The van der Waals surface area contributed by atoms with Gasteiger partial charge in [-0.15, -0.1) is 0 Å². The highest BCUT2D eigenvalue weighted by atomic mass is 16.3. The van der Waals surface area contributed by atoms with Crippen molar-refractivity contribution in [3.05, 3.63) is 231 Å². The fraction of sp³-hybridized carbons (Fsp3) is 0. The summed E-state index contributed by atoms with van der Waals surface area (Å²) >= 11 is 0. The number of hydrogen-bond acceptors (Lipinski definition) is 4. The molecule has 12 aromatic carbocycles. The molecule has 0 spiro atoms. The maximum Gasteiger partial charge on any atom is 0.143 e. The zero-order valence-corrected chi connectivity index (χ0v) is 37.7. The van der Waals surface area contributed by atoms with E-state index in [2.05, 4.69) is 224 Å². The van der Waals surface area contributed by atoms with E-state index in [1.165, 1.54) is 21.5 Å². The Bertz CT molecular complexity index is 4630. The van der Waals surface area contributed by atoms with E-state index in [-0.39, 0.29) is 0 Å². The van der Waals surface area contributed by atoms with Crippen LogP contribution in [0, 0.1) is 0 Å². The molecule has 3 aromatic heterocycles. The number of benzene rings is 12. The molecule has 3 heterocycles. The van der Waals surface area contributed by atoms with Crippen LogP contribution in [0.3, 0.4) is 0 Å². The average molecular weight is 891 g/mol. The van der Waals surface area contributed by atoms with E-state index in [9.17, 15) is 0 Å². The molecule has 324 valence electrons. The first-order chi connectivity index (χ1) is 34.7. The first-order valence-corrected chi connectivity index (χ1v) is 23.8. The number of nitrogens with zero attached hydrogens (tertiary/aromatic N) is 2. The van der Waals surface area contributed by atoms with Crippen molar-refractivity contribution in [2.24, 2.45) is 0 Å². The summed E-state index contributed by atoms with van der Waals surface area (Å²) < 4.78 is 14.3. The van der Waals surface area contributed by atoms with Crippen LogP contribution in [0.1, 0.15) is 0 Å². The van der Waals surface area contributed by atoms with E-state index in [0.29, 0.717) is 0 Å². The molecule has 15 rings (SSSR count). The molecule has 15 aromatic rings. The second-order valence-electron chi connectivity index (χ2n) is 18.3. The zero-order valence-electron chi connectivity index (χ0n) is 37.7. The number of rotatable bonds is 5. The summed E-state index contributed by atoms with van der Waals surface area (Å²) in [4.78, 5) is 10.9.